The Kier molecular flexibility index (Phi) is 9.32. The lowest BCUT2D eigenvalue weighted by atomic mass is 9.78. The molecule has 12 heteroatoms. The third-order valence-corrected chi connectivity index (χ3v) is 17.5. The van der Waals surface area contributed by atoms with Crippen molar-refractivity contribution >= 4 is 90.7 Å². The number of thiophene rings is 8. The van der Waals surface area contributed by atoms with E-state index in [0.29, 0.717) is 0 Å². The molecule has 0 amide bonds. The summed E-state index contributed by atoms with van der Waals surface area (Å²) in [5.74, 6) is -0.801. The molecular formula is C44H28N4S8. The summed E-state index contributed by atoms with van der Waals surface area (Å²) in [4.78, 5) is 33.2. The van der Waals surface area contributed by atoms with Crippen molar-refractivity contribution in [1.29, 1.82) is 0 Å². The lowest BCUT2D eigenvalue weighted by Crippen LogP contribution is -2.24. The quantitative estimate of drug-likeness (QED) is 0.153. The van der Waals surface area contributed by atoms with Crippen LogP contribution in [0.3, 0.4) is 0 Å². The van der Waals surface area contributed by atoms with Gasteiger partial charge in [-0.15, -0.1) is 90.7 Å². The molecule has 14 heterocycles. The van der Waals surface area contributed by atoms with Crippen LogP contribution in [0.2, 0.25) is 0 Å². The summed E-state index contributed by atoms with van der Waals surface area (Å²) in [5.41, 5.74) is 7.67. The summed E-state index contributed by atoms with van der Waals surface area (Å²) in [5, 5.41) is 17.4. The molecular weight excluding hydrogens is 841 g/mol. The van der Waals surface area contributed by atoms with Crippen molar-refractivity contribution in [2.24, 2.45) is 0 Å². The Bertz CT molecular complexity index is 2410. The Balaban J connectivity index is 1.37. The SMILES string of the molecule is c1csc(-c2nc3c(-c4cccs4)nc2C(c2cccs2)C(c2cccs2)c2nc(-c4cccs4)c(nc2-c2cccs2)C(c2cccs2)C3c2cccs2)c1. The van der Waals surface area contributed by atoms with Gasteiger partial charge in [-0.25, -0.2) is 19.9 Å². The maximum absolute atomic E-state index is 5.97. The van der Waals surface area contributed by atoms with Crippen LogP contribution in [0.5, 0.6) is 0 Å². The van der Waals surface area contributed by atoms with E-state index in [0.717, 1.165) is 65.1 Å². The molecule has 272 valence electrons. The maximum Gasteiger partial charge on any atom is 0.103 e. The van der Waals surface area contributed by atoms with Gasteiger partial charge in [0.2, 0.25) is 0 Å². The Morgan fingerprint density at radius 2 is 0.482 bits per heavy atom. The molecule has 0 radical (unpaired) electrons. The first-order valence-corrected chi connectivity index (χ1v) is 25.0. The van der Waals surface area contributed by atoms with Crippen LogP contribution in [0.15, 0.2) is 140 Å². The van der Waals surface area contributed by atoms with Gasteiger partial charge in [-0.1, -0.05) is 48.5 Å². The van der Waals surface area contributed by atoms with Gasteiger partial charge >= 0.3 is 0 Å². The number of hydrogen-bond donors (Lipinski definition) is 0. The minimum absolute atomic E-state index is 0.200. The Morgan fingerprint density at radius 1 is 0.268 bits per heavy atom. The number of hydrogen-bond acceptors (Lipinski definition) is 12. The molecule has 0 saturated carbocycles. The highest BCUT2D eigenvalue weighted by molar-refractivity contribution is 7.15. The van der Waals surface area contributed by atoms with E-state index in [1.807, 2.05) is 0 Å². The van der Waals surface area contributed by atoms with E-state index >= 15 is 0 Å². The predicted molar refractivity (Wildman–Crippen MR) is 242 cm³/mol. The van der Waals surface area contributed by atoms with E-state index < -0.39 is 0 Å². The summed E-state index contributed by atoms with van der Waals surface area (Å²) in [6.45, 7) is 0. The van der Waals surface area contributed by atoms with Crippen LogP contribution < -0.4 is 0 Å². The average Bonchev–Trinajstić information content (AvgIpc) is 4.06. The minimum atomic E-state index is -0.200. The van der Waals surface area contributed by atoms with E-state index in [4.69, 9.17) is 19.9 Å². The fraction of sp³-hybridized carbons (Fsp3) is 0.0909. The van der Waals surface area contributed by atoms with Gasteiger partial charge < -0.3 is 0 Å². The molecule has 14 rings (SSSR count). The molecule has 0 N–H and O–H groups in total. The van der Waals surface area contributed by atoms with Crippen molar-refractivity contribution in [2.45, 2.75) is 23.7 Å². The fourth-order valence-electron chi connectivity index (χ4n) is 7.87. The number of rotatable bonds is 8. The van der Waals surface area contributed by atoms with Crippen molar-refractivity contribution in [2.75, 3.05) is 0 Å². The molecule has 0 spiro atoms. The van der Waals surface area contributed by atoms with E-state index in [1.165, 1.54) is 19.5 Å². The van der Waals surface area contributed by atoms with Gasteiger partial charge in [0.15, 0.2) is 0 Å². The molecule has 0 fully saturated rings. The molecule has 0 aromatic carbocycles. The van der Waals surface area contributed by atoms with Crippen molar-refractivity contribution in [3.63, 3.8) is 0 Å². The van der Waals surface area contributed by atoms with Gasteiger partial charge in [0.25, 0.3) is 0 Å². The van der Waals surface area contributed by atoms with Gasteiger partial charge in [0, 0.05) is 19.5 Å². The van der Waals surface area contributed by atoms with E-state index in [1.54, 1.807) is 90.7 Å². The first-order valence-electron chi connectivity index (χ1n) is 17.9. The number of nitrogens with zero attached hydrogens (tertiary/aromatic N) is 4. The molecule has 4 unspecified atom stereocenters. The van der Waals surface area contributed by atoms with Crippen LogP contribution >= 0.6 is 90.7 Å². The van der Waals surface area contributed by atoms with Crippen molar-refractivity contribution in [1.82, 2.24) is 19.9 Å². The van der Waals surface area contributed by atoms with Crippen LogP contribution in [0.25, 0.3) is 42.3 Å². The molecule has 4 nitrogen and oxygen atoms in total. The Labute approximate surface area is 355 Å². The monoisotopic (exact) mass is 868 g/mol. The minimum Gasteiger partial charge on any atom is -0.247 e. The van der Waals surface area contributed by atoms with Gasteiger partial charge in [-0.2, -0.15) is 0 Å². The van der Waals surface area contributed by atoms with Crippen LogP contribution in [-0.4, -0.2) is 19.9 Å². The van der Waals surface area contributed by atoms with E-state index in [9.17, 15) is 0 Å². The molecule has 0 saturated heterocycles. The van der Waals surface area contributed by atoms with Crippen molar-refractivity contribution in [3.05, 3.63) is 182 Å². The smallest absolute Gasteiger partial charge is 0.103 e. The summed E-state index contributed by atoms with van der Waals surface area (Å²) >= 11 is 14.1. The van der Waals surface area contributed by atoms with Gasteiger partial charge in [-0.3, -0.25) is 0 Å². The summed E-state index contributed by atoms with van der Waals surface area (Å²) < 4.78 is 0. The fourth-order valence-corrected chi connectivity index (χ4v) is 14.2. The van der Waals surface area contributed by atoms with Gasteiger partial charge in [0.1, 0.15) is 22.8 Å². The Hall–Kier alpha value is -4.24. The summed E-state index contributed by atoms with van der Waals surface area (Å²) in [7, 11) is 0. The molecule has 10 aromatic rings. The van der Waals surface area contributed by atoms with E-state index in [2.05, 4.69) is 140 Å². The highest BCUT2D eigenvalue weighted by atomic mass is 32.1. The van der Waals surface area contributed by atoms with E-state index in [-0.39, 0.29) is 23.7 Å². The zero-order valence-corrected chi connectivity index (χ0v) is 35.8. The second kappa shape index (κ2) is 14.9. The molecule has 10 aromatic heterocycles. The zero-order valence-electron chi connectivity index (χ0n) is 29.2. The lowest BCUT2D eigenvalue weighted by molar-refractivity contribution is 0.636. The first-order chi connectivity index (χ1) is 27.8. The topological polar surface area (TPSA) is 51.6 Å². The first kappa shape index (κ1) is 35.0. The van der Waals surface area contributed by atoms with Crippen LogP contribution in [-0.2, 0) is 0 Å². The van der Waals surface area contributed by atoms with Gasteiger partial charge in [-0.05, 0) is 91.6 Å². The molecule has 0 aliphatic carbocycles. The third kappa shape index (κ3) is 6.06. The Morgan fingerprint density at radius 3 is 0.661 bits per heavy atom. The highest BCUT2D eigenvalue weighted by Crippen LogP contribution is 2.55. The molecule has 4 atom stereocenters. The van der Waals surface area contributed by atoms with Gasteiger partial charge in [0.05, 0.1) is 66.0 Å². The molecule has 56 heavy (non-hydrogen) atoms. The summed E-state index contributed by atoms with van der Waals surface area (Å²) in [6, 6.07) is 35.1. The highest BCUT2D eigenvalue weighted by Gasteiger charge is 2.43. The van der Waals surface area contributed by atoms with Crippen LogP contribution in [0.1, 0.15) is 66.0 Å². The second-order valence-electron chi connectivity index (χ2n) is 13.3. The zero-order chi connectivity index (χ0) is 37.0. The number of aromatic nitrogens is 4. The molecule has 4 aliphatic rings. The standard InChI is InChI=1S/C44H28N4S8/c1-9-25(49-17-1)33-34(26-10-2-18-50-26)42-38(30-14-6-22-54-30)48-44(40(47-42)32-16-8-24-56-32)36(28-12-4-20-52-28)35(27-11-3-19-51-27)43-39(31-15-7-23-55-31)45-41(33)37(46-43)29-13-5-21-53-29/h1-24,33-36H. The summed E-state index contributed by atoms with van der Waals surface area (Å²) in [6.07, 6.45) is 0. The lowest BCUT2D eigenvalue weighted by Gasteiger charge is -2.33. The maximum atomic E-state index is 5.97. The normalized spacial score (nSPS) is 18.0. The van der Waals surface area contributed by atoms with Crippen LogP contribution in [0, 0.1) is 0 Å². The van der Waals surface area contributed by atoms with Crippen LogP contribution in [0.4, 0.5) is 0 Å². The molecule has 4 aliphatic heterocycles. The van der Waals surface area contributed by atoms with Crippen molar-refractivity contribution in [3.8, 4) is 42.3 Å². The largest absolute Gasteiger partial charge is 0.247 e. The third-order valence-electron chi connectivity index (χ3n) is 10.2. The van der Waals surface area contributed by atoms with Crippen molar-refractivity contribution < 1.29 is 0 Å². The second-order valence-corrected chi connectivity index (χ2v) is 21.0. The molecule has 4 bridgehead atoms. The average molecular weight is 869 g/mol. The predicted octanol–water partition coefficient (Wildman–Crippen LogP) is 14.7.